The van der Waals surface area contributed by atoms with Gasteiger partial charge in [0, 0.05) is 18.6 Å². The summed E-state index contributed by atoms with van der Waals surface area (Å²) in [5.41, 5.74) is 1.06. The zero-order valence-corrected chi connectivity index (χ0v) is 14.4. The van der Waals surface area contributed by atoms with Crippen LogP contribution >= 0.6 is 0 Å². The van der Waals surface area contributed by atoms with Crippen molar-refractivity contribution in [3.63, 3.8) is 0 Å². The Kier molecular flexibility index (Phi) is 5.94. The summed E-state index contributed by atoms with van der Waals surface area (Å²) < 4.78 is 23.4. The van der Waals surface area contributed by atoms with E-state index in [-0.39, 0.29) is 5.75 Å². The van der Waals surface area contributed by atoms with Crippen LogP contribution in [-0.2, 0) is 17.6 Å². The Morgan fingerprint density at radius 3 is 2.59 bits per heavy atom. The number of esters is 1. The van der Waals surface area contributed by atoms with Crippen LogP contribution in [0.25, 0.3) is 6.08 Å². The number of halogens is 1. The molecule has 5 heteroatoms. The average molecular weight is 364 g/mol. The molecule has 0 unspecified atom stereocenters. The fourth-order valence-electron chi connectivity index (χ4n) is 2.52. The summed E-state index contributed by atoms with van der Waals surface area (Å²) in [6.45, 7) is 0. The van der Waals surface area contributed by atoms with Crippen molar-refractivity contribution in [2.24, 2.45) is 0 Å². The number of hydrogen-bond acceptors (Lipinski definition) is 4. The van der Waals surface area contributed by atoms with Crippen LogP contribution in [0.4, 0.5) is 4.39 Å². The number of carbonyl (C=O) groups excluding carboxylic acids is 1. The number of carbonyl (C=O) groups is 1. The second-order valence-electron chi connectivity index (χ2n) is 5.87. The predicted molar refractivity (Wildman–Crippen MR) is 99.9 cm³/mol. The molecule has 1 heterocycles. The van der Waals surface area contributed by atoms with Gasteiger partial charge in [-0.05, 0) is 35.8 Å². The molecule has 0 bridgehead atoms. The quantitative estimate of drug-likeness (QED) is 0.486. The Labute approximate surface area is 155 Å². The molecule has 0 spiro atoms. The van der Waals surface area contributed by atoms with Crippen molar-refractivity contribution in [3.05, 3.63) is 106 Å². The molecule has 0 saturated carbocycles. The SMILES string of the molecule is O=C(/C=C/c1cccc(F)c1)Oc1cc(CCc2ccccc2)oc(=O)c1. The molecule has 3 aromatic rings. The highest BCUT2D eigenvalue weighted by molar-refractivity contribution is 5.88. The molecule has 0 radical (unpaired) electrons. The lowest BCUT2D eigenvalue weighted by Gasteiger charge is -2.04. The predicted octanol–water partition coefficient (Wildman–Crippen LogP) is 4.18. The fraction of sp³-hybridized carbons (Fsp3) is 0.0909. The lowest BCUT2D eigenvalue weighted by Crippen LogP contribution is -2.08. The van der Waals surface area contributed by atoms with Gasteiger partial charge in [-0.2, -0.15) is 0 Å². The van der Waals surface area contributed by atoms with Gasteiger partial charge in [-0.25, -0.2) is 14.0 Å². The van der Waals surface area contributed by atoms with Gasteiger partial charge in [0.2, 0.25) is 0 Å². The van der Waals surface area contributed by atoms with E-state index in [0.717, 1.165) is 11.6 Å². The first-order valence-electron chi connectivity index (χ1n) is 8.42. The molecule has 27 heavy (non-hydrogen) atoms. The lowest BCUT2D eigenvalue weighted by molar-refractivity contribution is -0.128. The van der Waals surface area contributed by atoms with Crippen LogP contribution in [0.5, 0.6) is 5.75 Å². The Balaban J connectivity index is 1.65. The maximum Gasteiger partial charge on any atom is 0.339 e. The van der Waals surface area contributed by atoms with Crippen LogP contribution in [0.15, 0.2) is 82.0 Å². The molecule has 0 fully saturated rings. The third kappa shape index (κ3) is 5.78. The molecule has 0 aliphatic rings. The van der Waals surface area contributed by atoms with E-state index >= 15 is 0 Å². The zero-order valence-electron chi connectivity index (χ0n) is 14.4. The smallest absolute Gasteiger partial charge is 0.339 e. The van der Waals surface area contributed by atoms with E-state index < -0.39 is 17.4 Å². The van der Waals surface area contributed by atoms with E-state index in [1.54, 1.807) is 12.1 Å². The number of rotatable bonds is 6. The van der Waals surface area contributed by atoms with Gasteiger partial charge >= 0.3 is 11.6 Å². The van der Waals surface area contributed by atoms with Crippen molar-refractivity contribution >= 4 is 12.0 Å². The fourth-order valence-corrected chi connectivity index (χ4v) is 2.52. The summed E-state index contributed by atoms with van der Waals surface area (Å²) in [6, 6.07) is 18.2. The monoisotopic (exact) mass is 364 g/mol. The van der Waals surface area contributed by atoms with Crippen LogP contribution in [0.3, 0.4) is 0 Å². The van der Waals surface area contributed by atoms with E-state index in [2.05, 4.69) is 0 Å². The van der Waals surface area contributed by atoms with Gasteiger partial charge in [0.1, 0.15) is 17.3 Å². The van der Waals surface area contributed by atoms with Crippen molar-refractivity contribution in [1.29, 1.82) is 0 Å². The molecule has 0 saturated heterocycles. The van der Waals surface area contributed by atoms with E-state index in [0.29, 0.717) is 24.2 Å². The molecule has 3 rings (SSSR count). The molecule has 1 aromatic heterocycles. The summed E-state index contributed by atoms with van der Waals surface area (Å²) in [7, 11) is 0. The molecule has 4 nitrogen and oxygen atoms in total. The van der Waals surface area contributed by atoms with Crippen molar-refractivity contribution in [2.45, 2.75) is 12.8 Å². The summed E-state index contributed by atoms with van der Waals surface area (Å²) in [5.74, 6) is -0.514. The van der Waals surface area contributed by atoms with Crippen LogP contribution in [0.2, 0.25) is 0 Å². The number of benzene rings is 2. The first kappa shape index (κ1) is 18.3. The van der Waals surface area contributed by atoms with Crippen molar-refractivity contribution in [3.8, 4) is 5.75 Å². The van der Waals surface area contributed by atoms with Crippen LogP contribution in [0.1, 0.15) is 16.9 Å². The molecule has 0 aliphatic heterocycles. The van der Waals surface area contributed by atoms with Crippen molar-refractivity contribution < 1.29 is 18.3 Å². The third-order valence-electron chi connectivity index (χ3n) is 3.78. The second-order valence-corrected chi connectivity index (χ2v) is 5.87. The molecule has 2 aromatic carbocycles. The standard InChI is InChI=1S/C22H17FO4/c23-18-8-4-7-17(13-18)10-12-21(24)27-20-14-19(26-22(25)15-20)11-9-16-5-2-1-3-6-16/h1-8,10,12-15H,9,11H2/b12-10+. The molecular weight excluding hydrogens is 347 g/mol. The molecule has 0 atom stereocenters. The van der Waals surface area contributed by atoms with Crippen LogP contribution in [-0.4, -0.2) is 5.97 Å². The van der Waals surface area contributed by atoms with E-state index in [1.807, 2.05) is 30.3 Å². The Morgan fingerprint density at radius 1 is 1.00 bits per heavy atom. The number of hydrogen-bond donors (Lipinski definition) is 0. The van der Waals surface area contributed by atoms with Gasteiger partial charge in [0.25, 0.3) is 0 Å². The molecule has 136 valence electrons. The van der Waals surface area contributed by atoms with E-state index in [4.69, 9.17) is 9.15 Å². The highest BCUT2D eigenvalue weighted by Gasteiger charge is 2.07. The molecule has 0 aliphatic carbocycles. The normalized spacial score (nSPS) is 10.9. The van der Waals surface area contributed by atoms with Gasteiger partial charge in [0.05, 0.1) is 6.07 Å². The highest BCUT2D eigenvalue weighted by Crippen LogP contribution is 2.14. The second kappa shape index (κ2) is 8.76. The third-order valence-corrected chi connectivity index (χ3v) is 3.78. The zero-order chi connectivity index (χ0) is 19.1. The Bertz CT molecular complexity index is 1010. The first-order valence-corrected chi connectivity index (χ1v) is 8.42. The van der Waals surface area contributed by atoms with Crippen molar-refractivity contribution in [2.75, 3.05) is 0 Å². The van der Waals surface area contributed by atoms with Gasteiger partial charge in [0.15, 0.2) is 0 Å². The van der Waals surface area contributed by atoms with Gasteiger partial charge < -0.3 is 9.15 Å². The van der Waals surface area contributed by atoms with E-state index in [1.165, 1.54) is 30.4 Å². The van der Waals surface area contributed by atoms with Gasteiger partial charge in [-0.3, -0.25) is 0 Å². The minimum absolute atomic E-state index is 0.114. The minimum atomic E-state index is -0.668. The van der Waals surface area contributed by atoms with Crippen LogP contribution in [0, 0.1) is 5.82 Å². The lowest BCUT2D eigenvalue weighted by atomic mass is 10.1. The van der Waals surface area contributed by atoms with Crippen molar-refractivity contribution in [1.82, 2.24) is 0 Å². The molecule has 0 N–H and O–H groups in total. The summed E-state index contributed by atoms with van der Waals surface area (Å²) in [6.07, 6.45) is 3.81. The maximum absolute atomic E-state index is 13.1. The first-order chi connectivity index (χ1) is 13.1. The average Bonchev–Trinajstić information content (AvgIpc) is 2.65. The van der Waals surface area contributed by atoms with Crippen LogP contribution < -0.4 is 10.4 Å². The number of ether oxygens (including phenoxy) is 1. The summed E-state index contributed by atoms with van der Waals surface area (Å²) >= 11 is 0. The Morgan fingerprint density at radius 2 is 1.81 bits per heavy atom. The van der Waals surface area contributed by atoms with E-state index in [9.17, 15) is 14.0 Å². The van der Waals surface area contributed by atoms with Gasteiger partial charge in [-0.15, -0.1) is 0 Å². The molecular formula is C22H17FO4. The maximum atomic E-state index is 13.1. The topological polar surface area (TPSA) is 56.5 Å². The largest absolute Gasteiger partial charge is 0.428 e. The Hall–Kier alpha value is -3.47. The number of aryl methyl sites for hydroxylation is 2. The molecule has 0 amide bonds. The highest BCUT2D eigenvalue weighted by atomic mass is 19.1. The minimum Gasteiger partial charge on any atom is -0.428 e. The van der Waals surface area contributed by atoms with Gasteiger partial charge in [-0.1, -0.05) is 42.5 Å². The summed E-state index contributed by atoms with van der Waals surface area (Å²) in [4.78, 5) is 23.6. The summed E-state index contributed by atoms with van der Waals surface area (Å²) in [5, 5.41) is 0.